The van der Waals surface area contributed by atoms with Gasteiger partial charge in [0.15, 0.2) is 0 Å². The van der Waals surface area contributed by atoms with Crippen molar-refractivity contribution in [1.29, 1.82) is 0 Å². The molecule has 1 heterocycles. The molecule has 0 spiro atoms. The molecule has 0 aromatic heterocycles. The predicted molar refractivity (Wildman–Crippen MR) is 41.1 cm³/mol. The number of aliphatic hydroxyl groups is 1. The molecule has 0 saturated carbocycles. The zero-order chi connectivity index (χ0) is 9.42. The maximum absolute atomic E-state index is 13.1. The second-order valence-electron chi connectivity index (χ2n) is 2.69. The van der Waals surface area contributed by atoms with E-state index in [1.165, 1.54) is 12.3 Å². The molecule has 2 nitrogen and oxygen atoms in total. The van der Waals surface area contributed by atoms with E-state index >= 15 is 0 Å². The van der Waals surface area contributed by atoms with Gasteiger partial charge in [0.2, 0.25) is 0 Å². The Morgan fingerprint density at radius 2 is 2.08 bits per heavy atom. The van der Waals surface area contributed by atoms with Crippen molar-refractivity contribution in [3.05, 3.63) is 41.7 Å². The van der Waals surface area contributed by atoms with Crippen molar-refractivity contribution >= 4 is 0 Å². The van der Waals surface area contributed by atoms with Crippen LogP contribution in [0.15, 0.2) is 24.5 Å². The molecular formula is C9H6F2O2. The van der Waals surface area contributed by atoms with Gasteiger partial charge in [-0.2, -0.15) is 0 Å². The molecule has 1 atom stereocenters. The van der Waals surface area contributed by atoms with Crippen molar-refractivity contribution in [2.45, 2.75) is 6.10 Å². The summed E-state index contributed by atoms with van der Waals surface area (Å²) in [4.78, 5) is 0. The predicted octanol–water partition coefficient (Wildman–Crippen LogP) is 1.90. The number of hydrogen-bond acceptors (Lipinski definition) is 2. The summed E-state index contributed by atoms with van der Waals surface area (Å²) in [6.07, 6.45) is 1.42. The molecule has 0 saturated heterocycles. The number of rotatable bonds is 0. The minimum Gasteiger partial charge on any atom is -0.465 e. The van der Waals surface area contributed by atoms with Gasteiger partial charge in [0, 0.05) is 12.1 Å². The van der Waals surface area contributed by atoms with E-state index in [-0.39, 0.29) is 11.3 Å². The van der Waals surface area contributed by atoms with Crippen LogP contribution in [-0.2, 0) is 0 Å². The minimum absolute atomic E-state index is 0.0208. The quantitative estimate of drug-likeness (QED) is 0.667. The molecule has 1 aliphatic rings. The summed E-state index contributed by atoms with van der Waals surface area (Å²) in [5.41, 5.74) is -0.0242. The average molecular weight is 184 g/mol. The zero-order valence-electron chi connectivity index (χ0n) is 6.50. The molecule has 2 rings (SSSR count). The van der Waals surface area contributed by atoms with E-state index in [4.69, 9.17) is 4.74 Å². The van der Waals surface area contributed by atoms with Crippen LogP contribution in [0, 0.1) is 11.6 Å². The lowest BCUT2D eigenvalue weighted by atomic mass is 10.1. The van der Waals surface area contributed by atoms with Gasteiger partial charge in [0.25, 0.3) is 0 Å². The Hall–Kier alpha value is -1.42. The molecule has 0 amide bonds. The summed E-state index contributed by atoms with van der Waals surface area (Å²) in [5.74, 6) is -1.50. The topological polar surface area (TPSA) is 29.5 Å². The molecule has 1 unspecified atom stereocenters. The van der Waals surface area contributed by atoms with Gasteiger partial charge in [0.1, 0.15) is 23.5 Å². The fourth-order valence-electron chi connectivity index (χ4n) is 1.23. The van der Waals surface area contributed by atoms with Crippen LogP contribution in [0.4, 0.5) is 8.78 Å². The van der Waals surface area contributed by atoms with Gasteiger partial charge in [-0.15, -0.1) is 0 Å². The third-order valence-electron chi connectivity index (χ3n) is 1.81. The molecule has 1 aromatic rings. The van der Waals surface area contributed by atoms with Crippen LogP contribution < -0.4 is 4.74 Å². The third kappa shape index (κ3) is 1.29. The third-order valence-corrected chi connectivity index (χ3v) is 1.81. The summed E-state index contributed by atoms with van der Waals surface area (Å²) < 4.78 is 30.6. The van der Waals surface area contributed by atoms with Crippen molar-refractivity contribution in [2.24, 2.45) is 0 Å². The van der Waals surface area contributed by atoms with Crippen LogP contribution in [0.25, 0.3) is 0 Å². The monoisotopic (exact) mass is 184 g/mol. The number of fused-ring (bicyclic) bond motifs is 1. The SMILES string of the molecule is OC1C=COc2cc(F)cc(F)c21. The fourth-order valence-corrected chi connectivity index (χ4v) is 1.23. The van der Waals surface area contributed by atoms with Crippen LogP contribution in [0.1, 0.15) is 11.7 Å². The fraction of sp³-hybridized carbons (Fsp3) is 0.111. The smallest absolute Gasteiger partial charge is 0.138 e. The molecule has 68 valence electrons. The van der Waals surface area contributed by atoms with Gasteiger partial charge >= 0.3 is 0 Å². The Bertz CT molecular complexity index is 374. The summed E-state index contributed by atoms with van der Waals surface area (Å²) >= 11 is 0. The first kappa shape index (κ1) is 8.19. The van der Waals surface area contributed by atoms with Crippen molar-refractivity contribution in [3.8, 4) is 5.75 Å². The summed E-state index contributed by atoms with van der Waals surface area (Å²) in [7, 11) is 0. The summed E-state index contributed by atoms with van der Waals surface area (Å²) in [6.45, 7) is 0. The average Bonchev–Trinajstić information content (AvgIpc) is 2.02. The van der Waals surface area contributed by atoms with Crippen LogP contribution in [-0.4, -0.2) is 5.11 Å². The molecule has 0 fully saturated rings. The van der Waals surface area contributed by atoms with Gasteiger partial charge < -0.3 is 9.84 Å². The molecule has 0 bridgehead atoms. The maximum Gasteiger partial charge on any atom is 0.138 e. The van der Waals surface area contributed by atoms with Crippen LogP contribution in [0.5, 0.6) is 5.75 Å². The molecule has 13 heavy (non-hydrogen) atoms. The lowest BCUT2D eigenvalue weighted by Gasteiger charge is -2.16. The Labute approximate surface area is 73.1 Å². The van der Waals surface area contributed by atoms with Crippen LogP contribution >= 0.6 is 0 Å². The Morgan fingerprint density at radius 1 is 1.31 bits per heavy atom. The zero-order valence-corrected chi connectivity index (χ0v) is 6.50. The molecule has 1 aliphatic heterocycles. The van der Waals surface area contributed by atoms with Gasteiger partial charge in [-0.25, -0.2) is 8.78 Å². The van der Waals surface area contributed by atoms with E-state index < -0.39 is 17.7 Å². The largest absolute Gasteiger partial charge is 0.465 e. The highest BCUT2D eigenvalue weighted by molar-refractivity contribution is 5.41. The Balaban J connectivity index is 2.61. The van der Waals surface area contributed by atoms with E-state index in [1.807, 2.05) is 0 Å². The van der Waals surface area contributed by atoms with E-state index in [9.17, 15) is 13.9 Å². The minimum atomic E-state index is -1.07. The van der Waals surface area contributed by atoms with Gasteiger partial charge in [-0.3, -0.25) is 0 Å². The normalized spacial score (nSPS) is 19.5. The van der Waals surface area contributed by atoms with Crippen molar-refractivity contribution in [3.63, 3.8) is 0 Å². The van der Waals surface area contributed by atoms with E-state index in [0.29, 0.717) is 6.07 Å². The summed E-state index contributed by atoms with van der Waals surface area (Å²) in [5, 5.41) is 9.30. The van der Waals surface area contributed by atoms with E-state index in [1.54, 1.807) is 0 Å². The number of aliphatic hydroxyl groups excluding tert-OH is 1. The summed E-state index contributed by atoms with van der Waals surface area (Å²) in [6, 6.07) is 1.75. The highest BCUT2D eigenvalue weighted by Crippen LogP contribution is 2.32. The molecule has 1 N–H and O–H groups in total. The first-order chi connectivity index (χ1) is 6.18. The van der Waals surface area contributed by atoms with Gasteiger partial charge in [-0.1, -0.05) is 0 Å². The van der Waals surface area contributed by atoms with E-state index in [2.05, 4.69) is 0 Å². The maximum atomic E-state index is 13.1. The second-order valence-corrected chi connectivity index (χ2v) is 2.69. The molecule has 4 heteroatoms. The molecule has 0 aliphatic carbocycles. The van der Waals surface area contributed by atoms with Crippen LogP contribution in [0.3, 0.4) is 0 Å². The molecule has 1 aromatic carbocycles. The highest BCUT2D eigenvalue weighted by Gasteiger charge is 2.20. The lowest BCUT2D eigenvalue weighted by molar-refractivity contribution is 0.207. The first-order valence-corrected chi connectivity index (χ1v) is 3.69. The van der Waals surface area contributed by atoms with Gasteiger partial charge in [0.05, 0.1) is 11.8 Å². The molecular weight excluding hydrogens is 178 g/mol. The standard InChI is InChI=1S/C9H6F2O2/c10-5-3-6(11)9-7(12)1-2-13-8(9)4-5/h1-4,7,12H. The van der Waals surface area contributed by atoms with Crippen molar-refractivity contribution in [2.75, 3.05) is 0 Å². The van der Waals surface area contributed by atoms with Crippen molar-refractivity contribution < 1.29 is 18.6 Å². The lowest BCUT2D eigenvalue weighted by Crippen LogP contribution is -2.06. The Kier molecular flexibility index (Phi) is 1.77. The number of ether oxygens (including phenoxy) is 1. The molecule has 0 radical (unpaired) electrons. The number of benzene rings is 1. The number of halogens is 2. The Morgan fingerprint density at radius 3 is 2.85 bits per heavy atom. The van der Waals surface area contributed by atoms with Crippen molar-refractivity contribution in [1.82, 2.24) is 0 Å². The van der Waals surface area contributed by atoms with Gasteiger partial charge in [-0.05, 0) is 6.08 Å². The van der Waals surface area contributed by atoms with E-state index in [0.717, 1.165) is 6.07 Å². The first-order valence-electron chi connectivity index (χ1n) is 3.69. The number of hydrogen-bond donors (Lipinski definition) is 1. The highest BCUT2D eigenvalue weighted by atomic mass is 19.1. The second kappa shape index (κ2) is 2.81. The van der Waals surface area contributed by atoms with Crippen LogP contribution in [0.2, 0.25) is 0 Å².